The first-order valence-electron chi connectivity index (χ1n) is 13.9. The van der Waals surface area contributed by atoms with Crippen molar-refractivity contribution in [3.63, 3.8) is 0 Å². The molecule has 12 heteroatoms. The van der Waals surface area contributed by atoms with Crippen molar-refractivity contribution in [1.82, 2.24) is 10.2 Å². The maximum atomic E-state index is 14.2. The number of halogens is 4. The zero-order valence-electron chi connectivity index (χ0n) is 23.6. The van der Waals surface area contributed by atoms with E-state index in [1.54, 1.807) is 18.2 Å². The fraction of sp³-hybridized carbons (Fsp3) is 0.355. The highest BCUT2D eigenvalue weighted by Crippen LogP contribution is 2.29. The predicted octanol–water partition coefficient (Wildman–Crippen LogP) is 7.16. The van der Waals surface area contributed by atoms with E-state index in [1.807, 2.05) is 30.3 Å². The number of carbonyl (C=O) groups is 2. The molecular formula is C31H33Cl4N3O4S. The Morgan fingerprint density at radius 3 is 2.07 bits per heavy atom. The van der Waals surface area contributed by atoms with Gasteiger partial charge in [-0.05, 0) is 54.3 Å². The molecule has 43 heavy (non-hydrogen) atoms. The van der Waals surface area contributed by atoms with Gasteiger partial charge in [-0.1, -0.05) is 102 Å². The van der Waals surface area contributed by atoms with Gasteiger partial charge < -0.3 is 10.2 Å². The summed E-state index contributed by atoms with van der Waals surface area (Å²) in [4.78, 5) is 29.6. The van der Waals surface area contributed by atoms with Crippen LogP contribution in [0.1, 0.15) is 43.2 Å². The summed E-state index contributed by atoms with van der Waals surface area (Å²) in [6, 6.07) is 17.8. The van der Waals surface area contributed by atoms with E-state index in [0.29, 0.717) is 15.6 Å². The summed E-state index contributed by atoms with van der Waals surface area (Å²) < 4.78 is 26.9. The number of hydrogen-bond donors (Lipinski definition) is 1. The van der Waals surface area contributed by atoms with Gasteiger partial charge >= 0.3 is 0 Å². The summed E-state index contributed by atoms with van der Waals surface area (Å²) in [5.41, 5.74) is 1.65. The molecular weight excluding hydrogens is 652 g/mol. The summed E-state index contributed by atoms with van der Waals surface area (Å²) in [7, 11) is -3.94. The SMILES string of the molecule is CS(=O)(=O)N(CC(=O)N(Cc1ccc(Cl)c(Cl)c1)[C@@H](Cc1ccccc1)C(=O)NC1CCCCC1)c1ccc(Cl)c(Cl)c1. The van der Waals surface area contributed by atoms with E-state index < -0.39 is 28.5 Å². The number of hydrogen-bond acceptors (Lipinski definition) is 4. The van der Waals surface area contributed by atoms with Crippen molar-refractivity contribution < 1.29 is 18.0 Å². The molecule has 1 atom stereocenters. The van der Waals surface area contributed by atoms with E-state index in [0.717, 1.165) is 48.2 Å². The molecule has 0 radical (unpaired) electrons. The lowest BCUT2D eigenvalue weighted by Crippen LogP contribution is -2.55. The first-order chi connectivity index (χ1) is 20.4. The summed E-state index contributed by atoms with van der Waals surface area (Å²) in [6.45, 7) is -0.579. The van der Waals surface area contributed by atoms with Gasteiger partial charge in [-0.3, -0.25) is 13.9 Å². The molecule has 0 aromatic heterocycles. The Kier molecular flexibility index (Phi) is 11.6. The van der Waals surface area contributed by atoms with Gasteiger partial charge in [0.25, 0.3) is 0 Å². The minimum Gasteiger partial charge on any atom is -0.352 e. The number of rotatable bonds is 11. The molecule has 4 rings (SSSR count). The lowest BCUT2D eigenvalue weighted by molar-refractivity contribution is -0.140. The summed E-state index contributed by atoms with van der Waals surface area (Å²) in [5.74, 6) is -0.882. The van der Waals surface area contributed by atoms with E-state index >= 15 is 0 Å². The number of nitrogens with zero attached hydrogens (tertiary/aromatic N) is 2. The van der Waals surface area contributed by atoms with Crippen LogP contribution in [-0.4, -0.2) is 50.0 Å². The molecule has 1 aliphatic carbocycles. The van der Waals surface area contributed by atoms with Gasteiger partial charge in [0.15, 0.2) is 0 Å². The zero-order chi connectivity index (χ0) is 31.1. The molecule has 1 fully saturated rings. The number of carbonyl (C=O) groups excluding carboxylic acids is 2. The molecule has 0 aliphatic heterocycles. The van der Waals surface area contributed by atoms with Crippen LogP contribution in [0, 0.1) is 0 Å². The molecule has 1 aliphatic rings. The molecule has 1 N–H and O–H groups in total. The smallest absolute Gasteiger partial charge is 0.244 e. The molecule has 0 heterocycles. The third-order valence-corrected chi connectivity index (χ3v) is 10.0. The van der Waals surface area contributed by atoms with Crippen LogP contribution in [-0.2, 0) is 32.6 Å². The monoisotopic (exact) mass is 683 g/mol. The van der Waals surface area contributed by atoms with Crippen LogP contribution in [0.4, 0.5) is 5.69 Å². The van der Waals surface area contributed by atoms with E-state index in [-0.39, 0.29) is 40.6 Å². The van der Waals surface area contributed by atoms with Gasteiger partial charge in [0.1, 0.15) is 12.6 Å². The normalized spacial score (nSPS) is 14.6. The van der Waals surface area contributed by atoms with Crippen molar-refractivity contribution in [3.8, 4) is 0 Å². The summed E-state index contributed by atoms with van der Waals surface area (Å²) in [5, 5.41) is 4.20. The number of nitrogens with one attached hydrogen (secondary N) is 1. The van der Waals surface area contributed by atoms with Crippen molar-refractivity contribution in [1.29, 1.82) is 0 Å². The highest BCUT2D eigenvalue weighted by molar-refractivity contribution is 7.92. The third-order valence-electron chi connectivity index (χ3n) is 7.43. The minimum atomic E-state index is -3.94. The van der Waals surface area contributed by atoms with Crippen molar-refractivity contribution in [2.75, 3.05) is 17.1 Å². The molecule has 0 unspecified atom stereocenters. The van der Waals surface area contributed by atoms with Gasteiger partial charge in [0.2, 0.25) is 21.8 Å². The van der Waals surface area contributed by atoms with Crippen LogP contribution in [0.15, 0.2) is 66.7 Å². The van der Waals surface area contributed by atoms with E-state index in [2.05, 4.69) is 5.32 Å². The van der Waals surface area contributed by atoms with E-state index in [4.69, 9.17) is 46.4 Å². The second-order valence-electron chi connectivity index (χ2n) is 10.7. The molecule has 0 bridgehead atoms. The first-order valence-corrected chi connectivity index (χ1v) is 17.3. The molecule has 7 nitrogen and oxygen atoms in total. The zero-order valence-corrected chi connectivity index (χ0v) is 27.5. The third kappa shape index (κ3) is 9.25. The van der Waals surface area contributed by atoms with Gasteiger partial charge in [-0.2, -0.15) is 0 Å². The van der Waals surface area contributed by atoms with Gasteiger partial charge in [-0.15, -0.1) is 0 Å². The summed E-state index contributed by atoms with van der Waals surface area (Å²) in [6.07, 6.45) is 6.12. The maximum Gasteiger partial charge on any atom is 0.244 e. The Bertz CT molecular complexity index is 1550. The number of anilines is 1. The van der Waals surface area contributed by atoms with Crippen LogP contribution in [0.25, 0.3) is 0 Å². The highest BCUT2D eigenvalue weighted by atomic mass is 35.5. The Hall–Kier alpha value is -2.49. The predicted molar refractivity (Wildman–Crippen MR) is 175 cm³/mol. The van der Waals surface area contributed by atoms with Crippen LogP contribution in [0.5, 0.6) is 0 Å². The largest absolute Gasteiger partial charge is 0.352 e. The molecule has 0 saturated heterocycles. The second kappa shape index (κ2) is 15.0. The number of benzene rings is 3. The molecule has 2 amide bonds. The molecule has 3 aromatic rings. The summed E-state index contributed by atoms with van der Waals surface area (Å²) >= 11 is 24.7. The van der Waals surface area contributed by atoms with Gasteiger partial charge in [-0.25, -0.2) is 8.42 Å². The van der Waals surface area contributed by atoms with Gasteiger partial charge in [0.05, 0.1) is 32.0 Å². The fourth-order valence-electron chi connectivity index (χ4n) is 5.19. The molecule has 3 aromatic carbocycles. The molecule has 1 saturated carbocycles. The molecule has 0 spiro atoms. The quantitative estimate of drug-likeness (QED) is 0.232. The van der Waals surface area contributed by atoms with Gasteiger partial charge in [0, 0.05) is 19.0 Å². The Morgan fingerprint density at radius 1 is 0.837 bits per heavy atom. The van der Waals surface area contributed by atoms with Crippen molar-refractivity contribution >= 4 is 73.9 Å². The lowest BCUT2D eigenvalue weighted by Gasteiger charge is -2.35. The van der Waals surface area contributed by atoms with Crippen LogP contribution >= 0.6 is 46.4 Å². The van der Waals surface area contributed by atoms with Crippen LogP contribution in [0.2, 0.25) is 20.1 Å². The number of amides is 2. The van der Waals surface area contributed by atoms with E-state index in [9.17, 15) is 18.0 Å². The Balaban J connectivity index is 1.74. The average molecular weight is 686 g/mol. The van der Waals surface area contributed by atoms with Crippen molar-refractivity contribution in [2.45, 2.75) is 57.2 Å². The number of sulfonamides is 1. The highest BCUT2D eigenvalue weighted by Gasteiger charge is 2.34. The average Bonchev–Trinajstić information content (AvgIpc) is 2.97. The Labute approximate surface area is 273 Å². The topological polar surface area (TPSA) is 86.8 Å². The maximum absolute atomic E-state index is 14.2. The minimum absolute atomic E-state index is 0.00480. The van der Waals surface area contributed by atoms with Crippen LogP contribution < -0.4 is 9.62 Å². The standard InChI is InChI=1S/C31H33Cl4N3O4S/c1-43(41,42)38(24-13-15-26(33)28(35)18-24)20-30(39)37(19-22-12-14-25(32)27(34)16-22)29(17-21-8-4-2-5-9-21)31(40)36-23-10-6-3-7-11-23/h2,4-5,8-9,12-16,18,23,29H,3,6-7,10-11,17,19-20H2,1H3,(H,36,40)/t29-/m0/s1. The second-order valence-corrected chi connectivity index (χ2v) is 14.2. The first kappa shape index (κ1) is 33.4. The lowest BCUT2D eigenvalue weighted by atomic mass is 9.94. The van der Waals surface area contributed by atoms with Crippen molar-refractivity contribution in [2.24, 2.45) is 0 Å². The van der Waals surface area contributed by atoms with Crippen LogP contribution in [0.3, 0.4) is 0 Å². The Morgan fingerprint density at radius 2 is 1.47 bits per heavy atom. The van der Waals surface area contributed by atoms with Crippen molar-refractivity contribution in [3.05, 3.63) is 97.9 Å². The molecule has 230 valence electrons. The van der Waals surface area contributed by atoms with E-state index in [1.165, 1.54) is 23.1 Å². The fourth-order valence-corrected chi connectivity index (χ4v) is 6.64.